The second-order valence-corrected chi connectivity index (χ2v) is 3.95. The van der Waals surface area contributed by atoms with Crippen molar-refractivity contribution in [2.45, 2.75) is 25.5 Å². The predicted molar refractivity (Wildman–Crippen MR) is 44.1 cm³/mol. The first-order valence-corrected chi connectivity index (χ1v) is 4.42. The molecular formula is C7H16OS. The number of ether oxygens (including phenoxy) is 1. The molecule has 0 bridgehead atoms. The van der Waals surface area contributed by atoms with Gasteiger partial charge in [-0.05, 0) is 17.4 Å². The maximum Gasteiger partial charge on any atom is 0.0470 e. The fourth-order valence-electron chi connectivity index (χ4n) is 0.522. The Kier molecular flexibility index (Phi) is 6.65. The third-order valence-electron chi connectivity index (χ3n) is 0.944. The summed E-state index contributed by atoms with van der Waals surface area (Å²) in [4.78, 5) is 0. The van der Waals surface area contributed by atoms with Crippen molar-refractivity contribution in [2.24, 2.45) is 0 Å². The average molecular weight is 148 g/mol. The molecule has 0 aromatic heterocycles. The molecule has 0 amide bonds. The van der Waals surface area contributed by atoms with Crippen LogP contribution >= 0.6 is 11.8 Å². The van der Waals surface area contributed by atoms with Crippen molar-refractivity contribution in [3.8, 4) is 0 Å². The van der Waals surface area contributed by atoms with Crippen LogP contribution in [0.15, 0.2) is 0 Å². The zero-order valence-electron chi connectivity index (χ0n) is 6.52. The van der Waals surface area contributed by atoms with Gasteiger partial charge in [-0.15, -0.1) is 0 Å². The van der Waals surface area contributed by atoms with E-state index in [0.717, 1.165) is 11.9 Å². The molecule has 0 heterocycles. The Labute approximate surface area is 62.2 Å². The molecule has 0 aliphatic carbocycles. The molecule has 0 N–H and O–H groups in total. The van der Waals surface area contributed by atoms with Crippen LogP contribution in [-0.4, -0.2) is 24.7 Å². The fourth-order valence-corrected chi connectivity index (χ4v) is 1.28. The van der Waals surface area contributed by atoms with Crippen molar-refractivity contribution in [1.82, 2.24) is 0 Å². The zero-order valence-corrected chi connectivity index (χ0v) is 7.33. The summed E-state index contributed by atoms with van der Waals surface area (Å²) in [7, 11) is 1.75. The van der Waals surface area contributed by atoms with Crippen LogP contribution in [0, 0.1) is 0 Å². The van der Waals surface area contributed by atoms with Gasteiger partial charge >= 0.3 is 0 Å². The number of thioether (sulfide) groups is 1. The molecule has 2 heteroatoms. The number of rotatable bonds is 5. The molecule has 0 atom stereocenters. The Balaban J connectivity index is 2.75. The highest BCUT2D eigenvalue weighted by Gasteiger charge is 1.92. The molecule has 0 aromatic rings. The highest BCUT2D eigenvalue weighted by molar-refractivity contribution is 7.99. The van der Waals surface area contributed by atoms with Gasteiger partial charge in [-0.3, -0.25) is 0 Å². The Bertz CT molecular complexity index is 54.9. The lowest BCUT2D eigenvalue weighted by Crippen LogP contribution is -1.94. The van der Waals surface area contributed by atoms with Crippen LogP contribution < -0.4 is 0 Å². The van der Waals surface area contributed by atoms with Crippen molar-refractivity contribution in [1.29, 1.82) is 0 Å². The maximum atomic E-state index is 4.91. The van der Waals surface area contributed by atoms with Crippen LogP contribution in [0.2, 0.25) is 0 Å². The highest BCUT2D eigenvalue weighted by atomic mass is 32.2. The number of hydrogen-bond acceptors (Lipinski definition) is 2. The summed E-state index contributed by atoms with van der Waals surface area (Å²) < 4.78 is 4.91. The summed E-state index contributed by atoms with van der Waals surface area (Å²) in [5.41, 5.74) is 0. The van der Waals surface area contributed by atoms with Crippen LogP contribution in [0.4, 0.5) is 0 Å². The first-order chi connectivity index (χ1) is 4.27. The molecule has 0 fully saturated rings. The van der Waals surface area contributed by atoms with E-state index in [1.165, 1.54) is 12.2 Å². The normalized spacial score (nSPS) is 10.7. The molecule has 9 heavy (non-hydrogen) atoms. The minimum absolute atomic E-state index is 0.766. The minimum Gasteiger partial charge on any atom is -0.385 e. The molecular weight excluding hydrogens is 132 g/mol. The van der Waals surface area contributed by atoms with Gasteiger partial charge in [0, 0.05) is 13.7 Å². The zero-order chi connectivity index (χ0) is 7.11. The first kappa shape index (κ1) is 9.31. The van der Waals surface area contributed by atoms with Crippen LogP contribution in [0.25, 0.3) is 0 Å². The van der Waals surface area contributed by atoms with Crippen molar-refractivity contribution in [2.75, 3.05) is 19.5 Å². The van der Waals surface area contributed by atoms with Gasteiger partial charge in [-0.2, -0.15) is 11.8 Å². The Morgan fingerprint density at radius 2 is 2.11 bits per heavy atom. The molecule has 0 aliphatic rings. The van der Waals surface area contributed by atoms with Crippen LogP contribution in [0.5, 0.6) is 0 Å². The topological polar surface area (TPSA) is 9.23 Å². The van der Waals surface area contributed by atoms with Crippen LogP contribution in [-0.2, 0) is 4.74 Å². The van der Waals surface area contributed by atoms with Crippen LogP contribution in [0.1, 0.15) is 20.3 Å². The molecule has 0 radical (unpaired) electrons. The molecule has 0 spiro atoms. The van der Waals surface area contributed by atoms with Crippen LogP contribution in [0.3, 0.4) is 0 Å². The maximum absolute atomic E-state index is 4.91. The monoisotopic (exact) mass is 148 g/mol. The van der Waals surface area contributed by atoms with Crippen molar-refractivity contribution in [3.05, 3.63) is 0 Å². The van der Waals surface area contributed by atoms with Gasteiger partial charge in [-0.25, -0.2) is 0 Å². The smallest absolute Gasteiger partial charge is 0.0470 e. The van der Waals surface area contributed by atoms with E-state index >= 15 is 0 Å². The van der Waals surface area contributed by atoms with E-state index in [9.17, 15) is 0 Å². The molecule has 0 aromatic carbocycles. The molecule has 0 saturated heterocycles. The van der Waals surface area contributed by atoms with E-state index in [1.807, 2.05) is 11.8 Å². The summed E-state index contributed by atoms with van der Waals surface area (Å²) >= 11 is 1.99. The molecule has 1 nitrogen and oxygen atoms in total. The lowest BCUT2D eigenvalue weighted by atomic mass is 10.5. The van der Waals surface area contributed by atoms with Crippen molar-refractivity contribution in [3.63, 3.8) is 0 Å². The standard InChI is InChI=1S/C7H16OS/c1-7(2)9-6-4-5-8-3/h7H,4-6H2,1-3H3. The summed E-state index contributed by atoms with van der Waals surface area (Å²) in [6, 6.07) is 0. The summed E-state index contributed by atoms with van der Waals surface area (Å²) in [6.45, 7) is 5.34. The van der Waals surface area contributed by atoms with Crippen molar-refractivity contribution < 1.29 is 4.74 Å². The molecule has 0 unspecified atom stereocenters. The third-order valence-corrected chi connectivity index (χ3v) is 2.14. The largest absolute Gasteiger partial charge is 0.385 e. The van der Waals surface area contributed by atoms with E-state index < -0.39 is 0 Å². The molecule has 0 aliphatic heterocycles. The van der Waals surface area contributed by atoms with Gasteiger partial charge in [0.15, 0.2) is 0 Å². The predicted octanol–water partition coefficient (Wildman–Crippen LogP) is 2.16. The van der Waals surface area contributed by atoms with E-state index in [2.05, 4.69) is 13.8 Å². The van der Waals surface area contributed by atoms with Gasteiger partial charge in [0.05, 0.1) is 0 Å². The average Bonchev–Trinajstić information content (AvgIpc) is 1.80. The van der Waals surface area contributed by atoms with Gasteiger partial charge < -0.3 is 4.74 Å². The summed E-state index contributed by atoms with van der Waals surface area (Å²) in [5.74, 6) is 1.23. The quantitative estimate of drug-likeness (QED) is 0.553. The number of hydrogen-bond donors (Lipinski definition) is 0. The minimum atomic E-state index is 0.766. The third kappa shape index (κ3) is 8.31. The van der Waals surface area contributed by atoms with E-state index in [-0.39, 0.29) is 0 Å². The Hall–Kier alpha value is 0.310. The molecule has 0 saturated carbocycles. The van der Waals surface area contributed by atoms with Gasteiger partial charge in [0.1, 0.15) is 0 Å². The summed E-state index contributed by atoms with van der Waals surface area (Å²) in [6.07, 6.45) is 1.18. The number of methoxy groups -OCH3 is 1. The molecule has 56 valence electrons. The Morgan fingerprint density at radius 1 is 1.44 bits per heavy atom. The SMILES string of the molecule is COCCCSC(C)C. The second-order valence-electron chi connectivity index (χ2n) is 2.27. The molecule has 0 rings (SSSR count). The fraction of sp³-hybridized carbons (Fsp3) is 1.00. The van der Waals surface area contributed by atoms with Crippen molar-refractivity contribution >= 4 is 11.8 Å². The van der Waals surface area contributed by atoms with E-state index in [1.54, 1.807) is 7.11 Å². The lowest BCUT2D eigenvalue weighted by molar-refractivity contribution is 0.200. The van der Waals surface area contributed by atoms with Gasteiger partial charge in [-0.1, -0.05) is 13.8 Å². The lowest BCUT2D eigenvalue weighted by Gasteiger charge is -2.02. The van der Waals surface area contributed by atoms with Gasteiger partial charge in [0.2, 0.25) is 0 Å². The van der Waals surface area contributed by atoms with Gasteiger partial charge in [0.25, 0.3) is 0 Å². The summed E-state index contributed by atoms with van der Waals surface area (Å²) in [5, 5.41) is 0.766. The highest BCUT2D eigenvalue weighted by Crippen LogP contribution is 2.09. The second kappa shape index (κ2) is 6.43. The van der Waals surface area contributed by atoms with E-state index in [4.69, 9.17) is 4.74 Å². The first-order valence-electron chi connectivity index (χ1n) is 3.38. The Morgan fingerprint density at radius 3 is 2.56 bits per heavy atom. The van der Waals surface area contributed by atoms with E-state index in [0.29, 0.717) is 0 Å².